The fourth-order valence-corrected chi connectivity index (χ4v) is 4.09. The molecule has 0 atom stereocenters. The molecule has 200 valence electrons. The number of pyridine rings is 2. The van der Waals surface area contributed by atoms with Crippen LogP contribution >= 0.6 is 48.0 Å². The van der Waals surface area contributed by atoms with Gasteiger partial charge in [-0.3, -0.25) is 9.78 Å². The van der Waals surface area contributed by atoms with Gasteiger partial charge in [-0.25, -0.2) is 9.78 Å². The van der Waals surface area contributed by atoms with Gasteiger partial charge in [0.25, 0.3) is 0 Å². The molecule has 0 aliphatic rings. The molecule has 2 aromatic carbocycles. The van der Waals surface area contributed by atoms with Crippen LogP contribution in [0, 0.1) is 6.92 Å². The Morgan fingerprint density at radius 1 is 1.00 bits per heavy atom. The van der Waals surface area contributed by atoms with Gasteiger partial charge in [-0.1, -0.05) is 41.4 Å². The first-order chi connectivity index (χ1) is 17.3. The van der Waals surface area contributed by atoms with Crippen LogP contribution in [0.5, 0.6) is 5.75 Å². The molecule has 38 heavy (non-hydrogen) atoms. The van der Waals surface area contributed by atoms with Gasteiger partial charge in [0.15, 0.2) is 0 Å². The summed E-state index contributed by atoms with van der Waals surface area (Å²) < 4.78 is 6.05. The van der Waals surface area contributed by atoms with Crippen LogP contribution in [0.2, 0.25) is 10.0 Å². The van der Waals surface area contributed by atoms with Crippen molar-refractivity contribution in [3.8, 4) is 5.75 Å². The number of carbonyl (C=O) groups is 2. The number of hydrogen-bond acceptors (Lipinski definition) is 5. The summed E-state index contributed by atoms with van der Waals surface area (Å²) in [5, 5.41) is 6.80. The molecule has 4 rings (SSSR count). The zero-order valence-corrected chi connectivity index (χ0v) is 23.5. The van der Waals surface area contributed by atoms with E-state index in [1.807, 2.05) is 37.3 Å². The van der Waals surface area contributed by atoms with Crippen molar-refractivity contribution in [1.29, 1.82) is 0 Å². The van der Waals surface area contributed by atoms with E-state index >= 15 is 0 Å². The van der Waals surface area contributed by atoms with Gasteiger partial charge in [-0.15, -0.1) is 24.8 Å². The molecule has 0 aliphatic carbocycles. The predicted molar refractivity (Wildman–Crippen MR) is 156 cm³/mol. The Kier molecular flexibility index (Phi) is 11.4. The smallest absolute Gasteiger partial charge is 0.319 e. The molecule has 2 aromatic heterocycles. The van der Waals surface area contributed by atoms with E-state index in [-0.39, 0.29) is 48.9 Å². The molecule has 0 spiro atoms. The number of hydrogen-bond donors (Lipinski definition) is 2. The van der Waals surface area contributed by atoms with E-state index in [9.17, 15) is 9.59 Å². The summed E-state index contributed by atoms with van der Waals surface area (Å²) in [7, 11) is 1.57. The molecular formula is C26H25Cl4N5O3. The average molecular weight is 597 g/mol. The molecule has 0 saturated heterocycles. The zero-order chi connectivity index (χ0) is 25.7. The first-order valence-electron chi connectivity index (χ1n) is 11.0. The summed E-state index contributed by atoms with van der Waals surface area (Å²) in [4.78, 5) is 34.7. The molecule has 0 fully saturated rings. The van der Waals surface area contributed by atoms with Crippen LogP contribution < -0.4 is 20.3 Å². The third-order valence-electron chi connectivity index (χ3n) is 5.43. The van der Waals surface area contributed by atoms with Gasteiger partial charge in [0.1, 0.15) is 17.9 Å². The van der Waals surface area contributed by atoms with E-state index in [2.05, 4.69) is 20.6 Å². The molecule has 4 aromatic rings. The van der Waals surface area contributed by atoms with Gasteiger partial charge in [0.05, 0.1) is 17.3 Å². The number of carbonyl (C=O) groups excluding carboxylic acids is 2. The number of rotatable bonds is 7. The minimum Gasteiger partial charge on any atom is -0.487 e. The van der Waals surface area contributed by atoms with E-state index < -0.39 is 6.03 Å². The number of aryl methyl sites for hydroxylation is 1. The van der Waals surface area contributed by atoms with Gasteiger partial charge >= 0.3 is 6.03 Å². The van der Waals surface area contributed by atoms with Crippen LogP contribution in [0.25, 0.3) is 10.9 Å². The first kappa shape index (κ1) is 30.9. The van der Waals surface area contributed by atoms with Gasteiger partial charge in [-0.2, -0.15) is 0 Å². The normalized spacial score (nSPS) is 10.1. The third-order valence-corrected chi connectivity index (χ3v) is 6.21. The molecule has 0 radical (unpaired) electrons. The monoisotopic (exact) mass is 595 g/mol. The molecule has 2 N–H and O–H groups in total. The maximum Gasteiger partial charge on any atom is 0.319 e. The van der Waals surface area contributed by atoms with E-state index in [1.54, 1.807) is 43.7 Å². The largest absolute Gasteiger partial charge is 0.487 e. The quantitative estimate of drug-likeness (QED) is 0.255. The lowest BCUT2D eigenvalue weighted by molar-refractivity contribution is -0.117. The van der Waals surface area contributed by atoms with Gasteiger partial charge < -0.3 is 20.3 Å². The van der Waals surface area contributed by atoms with Gasteiger partial charge in [-0.05, 0) is 43.3 Å². The number of fused-ring (bicyclic) bond motifs is 1. The average Bonchev–Trinajstić information content (AvgIpc) is 2.87. The number of benzene rings is 2. The highest BCUT2D eigenvalue weighted by molar-refractivity contribution is 6.38. The Labute approximate surface area is 242 Å². The van der Waals surface area contributed by atoms with Crippen molar-refractivity contribution in [1.82, 2.24) is 15.3 Å². The molecular weight excluding hydrogens is 572 g/mol. The lowest BCUT2D eigenvalue weighted by atomic mass is 10.1. The fraction of sp³-hybridized carbons (Fsp3) is 0.154. The van der Waals surface area contributed by atoms with Crippen LogP contribution in [0.4, 0.5) is 16.2 Å². The number of likely N-dealkylation sites (N-methyl/N-ethyl adjacent to an activating group) is 1. The van der Waals surface area contributed by atoms with E-state index in [0.717, 1.165) is 16.6 Å². The van der Waals surface area contributed by atoms with E-state index in [0.29, 0.717) is 27.7 Å². The lowest BCUT2D eigenvalue weighted by Crippen LogP contribution is -2.40. The van der Waals surface area contributed by atoms with E-state index in [1.165, 1.54) is 4.90 Å². The lowest BCUT2D eigenvalue weighted by Gasteiger charge is -2.21. The summed E-state index contributed by atoms with van der Waals surface area (Å²) in [5.74, 6) is 0.229. The van der Waals surface area contributed by atoms with Gasteiger partial charge in [0.2, 0.25) is 5.91 Å². The maximum absolute atomic E-state index is 12.7. The Morgan fingerprint density at radius 2 is 1.74 bits per heavy atom. The van der Waals surface area contributed by atoms with Gasteiger partial charge in [0, 0.05) is 46.8 Å². The van der Waals surface area contributed by atoms with Crippen LogP contribution in [-0.4, -0.2) is 35.5 Å². The minimum atomic E-state index is -0.516. The second kappa shape index (κ2) is 14.0. The first-order valence-corrected chi connectivity index (χ1v) is 11.8. The number of amides is 3. The highest BCUT2D eigenvalue weighted by Gasteiger charge is 2.19. The van der Waals surface area contributed by atoms with Crippen molar-refractivity contribution >= 4 is 82.2 Å². The molecule has 0 unspecified atom stereocenters. The van der Waals surface area contributed by atoms with Crippen molar-refractivity contribution < 1.29 is 14.3 Å². The predicted octanol–water partition coefficient (Wildman–Crippen LogP) is 6.45. The number of nitrogens with zero attached hydrogens (tertiary/aromatic N) is 3. The summed E-state index contributed by atoms with van der Waals surface area (Å²) in [6, 6.07) is 15.7. The van der Waals surface area contributed by atoms with Crippen molar-refractivity contribution in [2.45, 2.75) is 13.5 Å². The van der Waals surface area contributed by atoms with Crippen molar-refractivity contribution in [2.24, 2.45) is 0 Å². The number of nitrogens with one attached hydrogen (secondary N) is 2. The number of aromatic nitrogens is 2. The van der Waals surface area contributed by atoms with Crippen LogP contribution in [0.1, 0.15) is 11.3 Å². The summed E-state index contributed by atoms with van der Waals surface area (Å²) in [6.07, 6.45) is 3.10. The molecule has 0 saturated carbocycles. The van der Waals surface area contributed by atoms with Crippen LogP contribution in [0.3, 0.4) is 0 Å². The zero-order valence-electron chi connectivity index (χ0n) is 20.4. The Bertz CT molecular complexity index is 1420. The number of urea groups is 1. The van der Waals surface area contributed by atoms with Crippen molar-refractivity contribution in [3.05, 3.63) is 88.3 Å². The Hall–Kier alpha value is -3.30. The SMILES string of the molecule is Cc1ccc2cccc(OCc3c(Cl)ccc(N(C)C(=O)CNC(=O)Nc4ccncc4)c3Cl)c2n1.Cl.Cl. The van der Waals surface area contributed by atoms with Crippen molar-refractivity contribution in [2.75, 3.05) is 23.8 Å². The highest BCUT2D eigenvalue weighted by atomic mass is 35.5. The van der Waals surface area contributed by atoms with Crippen molar-refractivity contribution in [3.63, 3.8) is 0 Å². The Morgan fingerprint density at radius 3 is 2.47 bits per heavy atom. The second-order valence-electron chi connectivity index (χ2n) is 7.92. The minimum absolute atomic E-state index is 0. The summed E-state index contributed by atoms with van der Waals surface area (Å²) in [5.41, 5.74) is 3.14. The molecule has 0 bridgehead atoms. The number of halogens is 4. The third kappa shape index (κ3) is 7.39. The molecule has 0 aliphatic heterocycles. The molecule has 8 nitrogen and oxygen atoms in total. The molecule has 3 amide bonds. The van der Waals surface area contributed by atoms with E-state index in [4.69, 9.17) is 27.9 Å². The number of para-hydroxylation sites is 1. The standard InChI is InChI=1S/C26H23Cl2N5O3.2ClH/c1-16-6-7-17-4-3-5-22(25(17)31-16)36-15-19-20(27)8-9-21(24(19)28)33(2)23(34)14-30-26(35)32-18-10-12-29-13-11-18;;/h3-13H,14-15H2,1-2H3,(H2,29,30,32,35);2*1H. The summed E-state index contributed by atoms with van der Waals surface area (Å²) >= 11 is 13.1. The Balaban J connectivity index is 0.00000253. The molecule has 12 heteroatoms. The van der Waals surface area contributed by atoms with Crippen LogP contribution in [0.15, 0.2) is 67.0 Å². The van der Waals surface area contributed by atoms with Crippen LogP contribution in [-0.2, 0) is 11.4 Å². The number of anilines is 2. The summed E-state index contributed by atoms with van der Waals surface area (Å²) in [6.45, 7) is 1.76. The topological polar surface area (TPSA) is 96.5 Å². The fourth-order valence-electron chi connectivity index (χ4n) is 3.48. The number of ether oxygens (including phenoxy) is 1. The highest BCUT2D eigenvalue weighted by Crippen LogP contribution is 2.35. The molecule has 2 heterocycles. The second-order valence-corrected chi connectivity index (χ2v) is 8.71. The maximum atomic E-state index is 12.7.